The van der Waals surface area contributed by atoms with Crippen LogP contribution in [0.25, 0.3) is 0 Å². The standard InChI is InChI=1S/C13H24N2OS/c1-17-12-7-3-2-6-11(12)15-13(16)10-5-4-8-14-9-10/h10-12,14H,2-9H2,1H3,(H,15,16)/t10-,11?,12?/m1/s1. The molecule has 1 aliphatic heterocycles. The molecule has 2 rings (SSSR count). The van der Waals surface area contributed by atoms with Crippen molar-refractivity contribution in [3.8, 4) is 0 Å². The van der Waals surface area contributed by atoms with Gasteiger partial charge in [0.2, 0.25) is 5.91 Å². The summed E-state index contributed by atoms with van der Waals surface area (Å²) in [5.74, 6) is 0.483. The third kappa shape index (κ3) is 3.62. The summed E-state index contributed by atoms with van der Waals surface area (Å²) in [7, 11) is 0. The van der Waals surface area contributed by atoms with E-state index in [1.807, 2.05) is 11.8 Å². The summed E-state index contributed by atoms with van der Waals surface area (Å²) in [6.07, 6.45) is 9.36. The number of carbonyl (C=O) groups is 1. The molecule has 98 valence electrons. The topological polar surface area (TPSA) is 41.1 Å². The summed E-state index contributed by atoms with van der Waals surface area (Å²) in [5.41, 5.74) is 0. The summed E-state index contributed by atoms with van der Waals surface area (Å²) < 4.78 is 0. The molecule has 3 nitrogen and oxygen atoms in total. The van der Waals surface area contributed by atoms with Crippen LogP contribution in [0.3, 0.4) is 0 Å². The highest BCUT2D eigenvalue weighted by Crippen LogP contribution is 2.27. The summed E-state index contributed by atoms with van der Waals surface area (Å²) in [6, 6.07) is 0.410. The molecule has 1 saturated heterocycles. The van der Waals surface area contributed by atoms with Gasteiger partial charge in [-0.15, -0.1) is 0 Å². The zero-order valence-corrected chi connectivity index (χ0v) is 11.5. The number of nitrogens with one attached hydrogen (secondary N) is 2. The number of piperidine rings is 1. The lowest BCUT2D eigenvalue weighted by atomic mass is 9.93. The Morgan fingerprint density at radius 2 is 2.06 bits per heavy atom. The van der Waals surface area contributed by atoms with Gasteiger partial charge in [-0.2, -0.15) is 11.8 Å². The summed E-state index contributed by atoms with van der Waals surface area (Å²) in [5, 5.41) is 7.23. The van der Waals surface area contributed by atoms with E-state index in [-0.39, 0.29) is 11.8 Å². The van der Waals surface area contributed by atoms with E-state index in [1.165, 1.54) is 19.3 Å². The van der Waals surface area contributed by atoms with Crippen LogP contribution in [0.1, 0.15) is 38.5 Å². The van der Waals surface area contributed by atoms with E-state index < -0.39 is 0 Å². The maximum atomic E-state index is 12.2. The molecule has 2 N–H and O–H groups in total. The van der Waals surface area contributed by atoms with Crippen molar-refractivity contribution in [2.45, 2.75) is 49.8 Å². The van der Waals surface area contributed by atoms with Crippen LogP contribution in [-0.2, 0) is 4.79 Å². The first-order valence-electron chi connectivity index (χ1n) is 6.85. The minimum absolute atomic E-state index is 0.202. The number of amides is 1. The normalized spacial score (nSPS) is 34.3. The van der Waals surface area contributed by atoms with Crippen LogP contribution in [0.15, 0.2) is 0 Å². The molecule has 4 heteroatoms. The molecule has 0 aromatic carbocycles. The Hall–Kier alpha value is -0.220. The second-order valence-electron chi connectivity index (χ2n) is 5.22. The average Bonchev–Trinajstić information content (AvgIpc) is 2.40. The minimum atomic E-state index is 0.202. The van der Waals surface area contributed by atoms with Gasteiger partial charge in [0.25, 0.3) is 0 Å². The van der Waals surface area contributed by atoms with Gasteiger partial charge in [-0.1, -0.05) is 12.8 Å². The highest BCUT2D eigenvalue weighted by atomic mass is 32.2. The number of carbonyl (C=O) groups excluding carboxylic acids is 1. The van der Waals surface area contributed by atoms with E-state index in [0.717, 1.165) is 32.4 Å². The van der Waals surface area contributed by atoms with Gasteiger partial charge in [0.05, 0.1) is 5.92 Å². The van der Waals surface area contributed by atoms with Gasteiger partial charge in [0, 0.05) is 17.8 Å². The Morgan fingerprint density at radius 3 is 2.76 bits per heavy atom. The molecule has 2 aliphatic rings. The van der Waals surface area contributed by atoms with Crippen molar-refractivity contribution in [1.82, 2.24) is 10.6 Å². The van der Waals surface area contributed by atoms with Gasteiger partial charge in [-0.05, 0) is 38.5 Å². The second-order valence-corrected chi connectivity index (χ2v) is 6.29. The fourth-order valence-corrected chi connectivity index (χ4v) is 3.86. The molecule has 0 aromatic rings. The molecule has 3 atom stereocenters. The number of rotatable bonds is 3. The molecule has 0 spiro atoms. The van der Waals surface area contributed by atoms with Crippen molar-refractivity contribution in [3.63, 3.8) is 0 Å². The fourth-order valence-electron chi connectivity index (χ4n) is 2.92. The van der Waals surface area contributed by atoms with E-state index in [0.29, 0.717) is 11.3 Å². The van der Waals surface area contributed by atoms with E-state index in [1.54, 1.807) is 0 Å². The third-order valence-electron chi connectivity index (χ3n) is 4.00. The van der Waals surface area contributed by atoms with Crippen molar-refractivity contribution in [2.24, 2.45) is 5.92 Å². The van der Waals surface area contributed by atoms with Gasteiger partial charge in [0.15, 0.2) is 0 Å². The van der Waals surface area contributed by atoms with Gasteiger partial charge < -0.3 is 10.6 Å². The van der Waals surface area contributed by atoms with Gasteiger partial charge in [-0.3, -0.25) is 4.79 Å². The predicted octanol–water partition coefficient (Wildman–Crippen LogP) is 1.78. The summed E-state index contributed by atoms with van der Waals surface area (Å²) in [6.45, 7) is 1.93. The van der Waals surface area contributed by atoms with Crippen LogP contribution >= 0.6 is 11.8 Å². The molecule has 0 aromatic heterocycles. The van der Waals surface area contributed by atoms with Crippen LogP contribution in [0.5, 0.6) is 0 Å². The van der Waals surface area contributed by atoms with E-state index in [4.69, 9.17) is 0 Å². The van der Waals surface area contributed by atoms with Crippen molar-refractivity contribution in [3.05, 3.63) is 0 Å². The predicted molar refractivity (Wildman–Crippen MR) is 73.3 cm³/mol. The Labute approximate surface area is 108 Å². The van der Waals surface area contributed by atoms with Gasteiger partial charge in [-0.25, -0.2) is 0 Å². The molecule has 2 unspecified atom stereocenters. The van der Waals surface area contributed by atoms with Crippen LogP contribution < -0.4 is 10.6 Å². The highest BCUT2D eigenvalue weighted by Gasteiger charge is 2.28. The van der Waals surface area contributed by atoms with E-state index in [2.05, 4.69) is 16.9 Å². The molecule has 1 aliphatic carbocycles. The maximum Gasteiger partial charge on any atom is 0.224 e. The number of hydrogen-bond acceptors (Lipinski definition) is 3. The lowest BCUT2D eigenvalue weighted by Gasteiger charge is -2.33. The molecule has 2 fully saturated rings. The Morgan fingerprint density at radius 1 is 1.24 bits per heavy atom. The van der Waals surface area contributed by atoms with Crippen molar-refractivity contribution in [2.75, 3.05) is 19.3 Å². The summed E-state index contributed by atoms with van der Waals surface area (Å²) >= 11 is 1.91. The Bertz CT molecular complexity index is 254. The largest absolute Gasteiger partial charge is 0.352 e. The quantitative estimate of drug-likeness (QED) is 0.809. The molecule has 17 heavy (non-hydrogen) atoms. The molecule has 0 radical (unpaired) electrons. The fraction of sp³-hybridized carbons (Fsp3) is 0.923. The highest BCUT2D eigenvalue weighted by molar-refractivity contribution is 7.99. The Balaban J connectivity index is 1.83. The van der Waals surface area contributed by atoms with Crippen LogP contribution in [-0.4, -0.2) is 36.5 Å². The van der Waals surface area contributed by atoms with Crippen molar-refractivity contribution in [1.29, 1.82) is 0 Å². The monoisotopic (exact) mass is 256 g/mol. The van der Waals surface area contributed by atoms with Crippen molar-refractivity contribution >= 4 is 17.7 Å². The first kappa shape index (κ1) is 13.2. The SMILES string of the molecule is CSC1CCCCC1NC(=O)[C@@H]1CCCNC1. The lowest BCUT2D eigenvalue weighted by Crippen LogP contribution is -2.48. The zero-order valence-electron chi connectivity index (χ0n) is 10.7. The summed E-state index contributed by atoms with van der Waals surface area (Å²) in [4.78, 5) is 12.2. The zero-order chi connectivity index (χ0) is 12.1. The van der Waals surface area contributed by atoms with Crippen molar-refractivity contribution < 1.29 is 4.79 Å². The lowest BCUT2D eigenvalue weighted by molar-refractivity contribution is -0.126. The molecule has 1 amide bonds. The molecular formula is C13H24N2OS. The molecule has 1 saturated carbocycles. The number of thioether (sulfide) groups is 1. The van der Waals surface area contributed by atoms with Crippen LogP contribution in [0.2, 0.25) is 0 Å². The van der Waals surface area contributed by atoms with E-state index >= 15 is 0 Å². The minimum Gasteiger partial charge on any atom is -0.352 e. The van der Waals surface area contributed by atoms with Crippen LogP contribution in [0.4, 0.5) is 0 Å². The molecular weight excluding hydrogens is 232 g/mol. The smallest absolute Gasteiger partial charge is 0.224 e. The molecule has 1 heterocycles. The second kappa shape index (κ2) is 6.64. The first-order chi connectivity index (χ1) is 8.31. The van der Waals surface area contributed by atoms with Crippen LogP contribution in [0, 0.1) is 5.92 Å². The number of hydrogen-bond donors (Lipinski definition) is 2. The molecule has 0 bridgehead atoms. The van der Waals surface area contributed by atoms with Gasteiger partial charge >= 0.3 is 0 Å². The Kier molecular flexibility index (Phi) is 5.16. The average molecular weight is 256 g/mol. The van der Waals surface area contributed by atoms with E-state index in [9.17, 15) is 4.79 Å². The maximum absolute atomic E-state index is 12.2. The van der Waals surface area contributed by atoms with Gasteiger partial charge in [0.1, 0.15) is 0 Å². The third-order valence-corrected chi connectivity index (χ3v) is 5.17. The first-order valence-corrected chi connectivity index (χ1v) is 8.14.